The average molecular weight is 695 g/mol. The predicted molar refractivity (Wildman–Crippen MR) is 158 cm³/mol. The van der Waals surface area contributed by atoms with Crippen LogP contribution in [0.2, 0.25) is 15.1 Å². The molecule has 0 radical (unpaired) electrons. The number of hydrogen-bond donors (Lipinski definition) is 0. The van der Waals surface area contributed by atoms with E-state index in [4.69, 9.17) is 56.5 Å². The first-order chi connectivity index (χ1) is 17.2. The molecule has 0 spiro atoms. The third-order valence-electron chi connectivity index (χ3n) is 4.97. The minimum Gasteiger partial charge on any atom is -0.490 e. The SMILES string of the molecule is CCOc1cc(/C=C2/SC(=S)N(c3ccc(F)c(Cl)c3)C2=O)cc(I)c1OCc1ccc(Cl)cc1Cl. The van der Waals surface area contributed by atoms with Gasteiger partial charge >= 0.3 is 0 Å². The van der Waals surface area contributed by atoms with Crippen molar-refractivity contribution < 1.29 is 18.7 Å². The summed E-state index contributed by atoms with van der Waals surface area (Å²) in [6.07, 6.45) is 1.73. The van der Waals surface area contributed by atoms with Gasteiger partial charge in [-0.15, -0.1) is 0 Å². The maximum absolute atomic E-state index is 13.6. The first-order valence-electron chi connectivity index (χ1n) is 10.4. The fraction of sp³-hybridized carbons (Fsp3) is 0.120. The molecule has 0 aromatic heterocycles. The summed E-state index contributed by atoms with van der Waals surface area (Å²) in [5.41, 5.74) is 1.92. The normalized spacial score (nSPS) is 14.6. The summed E-state index contributed by atoms with van der Waals surface area (Å²) in [4.78, 5) is 14.9. The van der Waals surface area contributed by atoms with Crippen LogP contribution in [-0.4, -0.2) is 16.8 Å². The molecule has 0 unspecified atom stereocenters. The van der Waals surface area contributed by atoms with Crippen LogP contribution in [0.4, 0.5) is 10.1 Å². The van der Waals surface area contributed by atoms with Crippen LogP contribution < -0.4 is 14.4 Å². The highest BCUT2D eigenvalue weighted by Crippen LogP contribution is 2.40. The minimum absolute atomic E-state index is 0.0862. The largest absolute Gasteiger partial charge is 0.490 e. The zero-order valence-electron chi connectivity index (χ0n) is 18.5. The monoisotopic (exact) mass is 693 g/mol. The Morgan fingerprint density at radius 1 is 1.08 bits per heavy atom. The van der Waals surface area contributed by atoms with Crippen LogP contribution in [0.3, 0.4) is 0 Å². The predicted octanol–water partition coefficient (Wildman–Crippen LogP) is 8.77. The number of thioether (sulfide) groups is 1. The van der Waals surface area contributed by atoms with Crippen LogP contribution in [0.5, 0.6) is 11.5 Å². The molecule has 1 heterocycles. The lowest BCUT2D eigenvalue weighted by Gasteiger charge is -2.16. The smallest absolute Gasteiger partial charge is 0.270 e. The molecule has 1 aliphatic rings. The van der Waals surface area contributed by atoms with E-state index in [9.17, 15) is 9.18 Å². The van der Waals surface area contributed by atoms with Crippen molar-refractivity contribution in [2.45, 2.75) is 13.5 Å². The van der Waals surface area contributed by atoms with Crippen molar-refractivity contribution in [2.75, 3.05) is 11.5 Å². The molecule has 36 heavy (non-hydrogen) atoms. The van der Waals surface area contributed by atoms with Crippen LogP contribution in [-0.2, 0) is 11.4 Å². The number of halogens is 5. The Morgan fingerprint density at radius 3 is 2.56 bits per heavy atom. The molecule has 0 aliphatic carbocycles. The Labute approximate surface area is 245 Å². The average Bonchev–Trinajstić information content (AvgIpc) is 3.09. The number of thiocarbonyl (C=S) groups is 1. The molecule has 4 nitrogen and oxygen atoms in total. The van der Waals surface area contributed by atoms with Crippen molar-refractivity contribution in [2.24, 2.45) is 0 Å². The van der Waals surface area contributed by atoms with E-state index >= 15 is 0 Å². The first-order valence-corrected chi connectivity index (χ1v) is 13.9. The fourth-order valence-electron chi connectivity index (χ4n) is 3.33. The second-order valence-corrected chi connectivity index (χ2v) is 11.5. The van der Waals surface area contributed by atoms with Crippen LogP contribution in [0.15, 0.2) is 53.4 Å². The number of anilines is 1. The third-order valence-corrected chi connectivity index (χ3v) is 7.95. The third kappa shape index (κ3) is 6.11. The first kappa shape index (κ1) is 27.5. The molecule has 11 heteroatoms. The number of carbonyl (C=O) groups excluding carboxylic acids is 1. The summed E-state index contributed by atoms with van der Waals surface area (Å²) in [6, 6.07) is 12.9. The lowest BCUT2D eigenvalue weighted by Crippen LogP contribution is -2.27. The molecule has 0 N–H and O–H groups in total. The minimum atomic E-state index is -0.569. The van der Waals surface area contributed by atoms with Gasteiger partial charge in [-0.25, -0.2) is 4.39 Å². The molecule has 1 saturated heterocycles. The zero-order valence-corrected chi connectivity index (χ0v) is 24.5. The quantitative estimate of drug-likeness (QED) is 0.141. The van der Waals surface area contributed by atoms with Gasteiger partial charge in [0.1, 0.15) is 12.4 Å². The number of carbonyl (C=O) groups is 1. The van der Waals surface area contributed by atoms with Gasteiger partial charge in [-0.05, 0) is 83.6 Å². The molecule has 3 aromatic carbocycles. The Morgan fingerprint density at radius 2 is 1.86 bits per heavy atom. The summed E-state index contributed by atoms with van der Waals surface area (Å²) in [6.45, 7) is 2.52. The van der Waals surface area contributed by atoms with Crippen LogP contribution in [0.25, 0.3) is 6.08 Å². The molecule has 4 rings (SSSR count). The van der Waals surface area contributed by atoms with Crippen molar-refractivity contribution in [1.29, 1.82) is 0 Å². The van der Waals surface area contributed by atoms with E-state index in [0.29, 0.717) is 43.1 Å². The maximum atomic E-state index is 13.6. The van der Waals surface area contributed by atoms with Gasteiger partial charge in [0, 0.05) is 15.6 Å². The second kappa shape index (κ2) is 11.9. The molecule has 1 fully saturated rings. The van der Waals surface area contributed by atoms with Gasteiger partial charge in [-0.3, -0.25) is 9.69 Å². The van der Waals surface area contributed by atoms with E-state index in [1.54, 1.807) is 24.3 Å². The van der Waals surface area contributed by atoms with Crippen LogP contribution in [0, 0.1) is 9.39 Å². The van der Waals surface area contributed by atoms with Gasteiger partial charge < -0.3 is 9.47 Å². The maximum Gasteiger partial charge on any atom is 0.270 e. The molecule has 0 saturated carbocycles. The van der Waals surface area contributed by atoms with Crippen molar-refractivity contribution in [3.05, 3.63) is 89.0 Å². The molecule has 0 atom stereocenters. The summed E-state index contributed by atoms with van der Waals surface area (Å²) in [5, 5.41) is 0.971. The molecular formula is C25H16Cl3FINO3S2. The summed E-state index contributed by atoms with van der Waals surface area (Å²) >= 11 is 26.9. The molecule has 3 aromatic rings. The lowest BCUT2D eigenvalue weighted by atomic mass is 10.1. The fourth-order valence-corrected chi connectivity index (χ4v) is 6.05. The highest BCUT2D eigenvalue weighted by Gasteiger charge is 2.33. The zero-order chi connectivity index (χ0) is 26.0. The highest BCUT2D eigenvalue weighted by molar-refractivity contribution is 14.1. The Hall–Kier alpha value is -1.56. The number of amides is 1. The van der Waals surface area contributed by atoms with Crippen LogP contribution in [0.1, 0.15) is 18.1 Å². The van der Waals surface area contributed by atoms with E-state index in [0.717, 1.165) is 26.5 Å². The van der Waals surface area contributed by atoms with E-state index in [1.165, 1.54) is 23.1 Å². The lowest BCUT2D eigenvalue weighted by molar-refractivity contribution is -0.113. The van der Waals surface area contributed by atoms with Crippen LogP contribution >= 0.6 is 81.4 Å². The molecule has 186 valence electrons. The number of ether oxygens (including phenoxy) is 2. The Bertz CT molecular complexity index is 1400. The van der Waals surface area contributed by atoms with E-state index < -0.39 is 5.82 Å². The number of rotatable bonds is 7. The number of nitrogens with zero attached hydrogens (tertiary/aromatic N) is 1. The molecular weight excluding hydrogens is 679 g/mol. The van der Waals surface area contributed by atoms with Crippen molar-refractivity contribution >= 4 is 103 Å². The van der Waals surface area contributed by atoms with E-state index in [-0.39, 0.29) is 17.5 Å². The summed E-state index contributed by atoms with van der Waals surface area (Å²) < 4.78 is 26.6. The Balaban J connectivity index is 1.61. The summed E-state index contributed by atoms with van der Waals surface area (Å²) in [7, 11) is 0. The van der Waals surface area contributed by atoms with Crippen molar-refractivity contribution in [3.63, 3.8) is 0 Å². The molecule has 0 bridgehead atoms. The van der Waals surface area contributed by atoms with E-state index in [1.807, 2.05) is 19.1 Å². The highest BCUT2D eigenvalue weighted by atomic mass is 127. The standard InChI is InChI=1S/C25H16Cl3FINO3S2/c1-2-33-21-8-13(7-20(30)23(21)34-12-14-3-4-15(26)10-17(14)27)9-22-24(32)31(25(35)36-22)16-5-6-19(29)18(28)11-16/h3-11H,2,12H2,1H3/b22-9+. The van der Waals surface area contributed by atoms with Gasteiger partial charge in [0.15, 0.2) is 15.8 Å². The van der Waals surface area contributed by atoms with Gasteiger partial charge in [-0.1, -0.05) is 64.8 Å². The van der Waals surface area contributed by atoms with Gasteiger partial charge in [0.25, 0.3) is 5.91 Å². The van der Waals surface area contributed by atoms with Gasteiger partial charge in [0.2, 0.25) is 0 Å². The van der Waals surface area contributed by atoms with E-state index in [2.05, 4.69) is 22.6 Å². The Kier molecular flexibility index (Phi) is 9.06. The van der Waals surface area contributed by atoms with Gasteiger partial charge in [-0.2, -0.15) is 0 Å². The summed E-state index contributed by atoms with van der Waals surface area (Å²) in [5.74, 6) is 0.203. The topological polar surface area (TPSA) is 38.8 Å². The van der Waals surface area contributed by atoms with Crippen molar-refractivity contribution in [1.82, 2.24) is 0 Å². The van der Waals surface area contributed by atoms with Gasteiger partial charge in [0.05, 0.1) is 25.8 Å². The number of benzene rings is 3. The van der Waals surface area contributed by atoms with Crippen molar-refractivity contribution in [3.8, 4) is 11.5 Å². The molecule has 1 amide bonds. The molecule has 1 aliphatic heterocycles. The number of hydrogen-bond acceptors (Lipinski definition) is 5. The second-order valence-electron chi connectivity index (χ2n) is 7.40.